The average molecular weight is 354 g/mol. The maximum Gasteiger partial charge on any atom is 0.338 e. The third-order valence-electron chi connectivity index (χ3n) is 2.64. The summed E-state index contributed by atoms with van der Waals surface area (Å²) in [6.45, 7) is 2.02. The molecule has 0 aromatic heterocycles. The number of anilines is 1. The van der Waals surface area contributed by atoms with E-state index in [9.17, 15) is 9.18 Å². The molecule has 0 aliphatic rings. The molecule has 6 heteroatoms. The predicted octanol–water partition coefficient (Wildman–Crippen LogP) is 4.14. The second kappa shape index (κ2) is 6.58. The van der Waals surface area contributed by atoms with Crippen LogP contribution in [-0.4, -0.2) is 12.6 Å². The van der Waals surface area contributed by atoms with E-state index >= 15 is 0 Å². The van der Waals surface area contributed by atoms with E-state index in [1.807, 2.05) is 0 Å². The first-order chi connectivity index (χ1) is 10.0. The van der Waals surface area contributed by atoms with Gasteiger partial charge < -0.3 is 15.2 Å². The quantitative estimate of drug-likeness (QED) is 0.662. The molecule has 0 aliphatic carbocycles. The molecule has 21 heavy (non-hydrogen) atoms. The Bertz CT molecular complexity index is 676. The van der Waals surface area contributed by atoms with E-state index in [1.165, 1.54) is 24.3 Å². The first-order valence-corrected chi connectivity index (χ1v) is 7.00. The molecule has 2 aromatic carbocycles. The van der Waals surface area contributed by atoms with Crippen molar-refractivity contribution in [2.75, 3.05) is 12.3 Å². The summed E-state index contributed by atoms with van der Waals surface area (Å²) in [6, 6.07) is 8.86. The Labute approximate surface area is 129 Å². The SMILES string of the molecule is CCOC(=O)c1ccc(Oc2ccc(F)c(Br)c2)c(N)c1. The van der Waals surface area contributed by atoms with Crippen molar-refractivity contribution < 1.29 is 18.7 Å². The van der Waals surface area contributed by atoms with Crippen molar-refractivity contribution >= 4 is 27.6 Å². The minimum absolute atomic E-state index is 0.292. The molecule has 0 saturated heterocycles. The molecule has 110 valence electrons. The number of benzene rings is 2. The van der Waals surface area contributed by atoms with Crippen LogP contribution in [0.1, 0.15) is 17.3 Å². The monoisotopic (exact) mass is 353 g/mol. The number of nitrogens with two attached hydrogens (primary N) is 1. The number of nitrogen functional groups attached to an aromatic ring is 1. The van der Waals surface area contributed by atoms with Crippen LogP contribution in [-0.2, 0) is 4.74 Å². The molecule has 0 spiro atoms. The zero-order valence-corrected chi connectivity index (χ0v) is 12.8. The fraction of sp³-hybridized carbons (Fsp3) is 0.133. The Hall–Kier alpha value is -2.08. The molecule has 0 saturated carbocycles. The molecule has 0 heterocycles. The summed E-state index contributed by atoms with van der Waals surface area (Å²) in [5.41, 5.74) is 6.49. The molecule has 0 atom stereocenters. The number of ether oxygens (including phenoxy) is 2. The smallest absolute Gasteiger partial charge is 0.338 e. The van der Waals surface area contributed by atoms with Crippen molar-refractivity contribution in [1.82, 2.24) is 0 Å². The van der Waals surface area contributed by atoms with Gasteiger partial charge >= 0.3 is 5.97 Å². The number of halogens is 2. The molecular weight excluding hydrogens is 341 g/mol. The highest BCUT2D eigenvalue weighted by molar-refractivity contribution is 9.10. The third-order valence-corrected chi connectivity index (χ3v) is 3.25. The molecule has 0 unspecified atom stereocenters. The van der Waals surface area contributed by atoms with Gasteiger partial charge in [-0.1, -0.05) is 0 Å². The van der Waals surface area contributed by atoms with Crippen LogP contribution >= 0.6 is 15.9 Å². The van der Waals surface area contributed by atoms with E-state index in [0.29, 0.717) is 33.8 Å². The van der Waals surface area contributed by atoms with Gasteiger partial charge in [-0.15, -0.1) is 0 Å². The van der Waals surface area contributed by atoms with Gasteiger partial charge in [-0.25, -0.2) is 9.18 Å². The first kappa shape index (κ1) is 15.3. The van der Waals surface area contributed by atoms with Crippen LogP contribution in [0.25, 0.3) is 0 Å². The van der Waals surface area contributed by atoms with Crippen molar-refractivity contribution in [2.45, 2.75) is 6.92 Å². The lowest BCUT2D eigenvalue weighted by molar-refractivity contribution is 0.0526. The van der Waals surface area contributed by atoms with Crippen LogP contribution in [0.3, 0.4) is 0 Å². The molecule has 0 aliphatic heterocycles. The molecule has 4 nitrogen and oxygen atoms in total. The van der Waals surface area contributed by atoms with E-state index in [-0.39, 0.29) is 5.82 Å². The summed E-state index contributed by atoms with van der Waals surface area (Å²) in [7, 11) is 0. The van der Waals surface area contributed by atoms with Gasteiger partial charge in [0.25, 0.3) is 0 Å². The largest absolute Gasteiger partial charge is 0.462 e. The second-order valence-corrected chi connectivity index (χ2v) is 5.01. The summed E-state index contributed by atoms with van der Waals surface area (Å²) >= 11 is 3.08. The molecule has 0 fully saturated rings. The van der Waals surface area contributed by atoms with Crippen molar-refractivity contribution in [1.29, 1.82) is 0 Å². The number of carbonyl (C=O) groups excluding carboxylic acids is 1. The third kappa shape index (κ3) is 3.72. The summed E-state index contributed by atoms with van der Waals surface area (Å²) in [4.78, 5) is 11.6. The maximum absolute atomic E-state index is 13.2. The number of esters is 1. The molecule has 0 bridgehead atoms. The van der Waals surface area contributed by atoms with Crippen LogP contribution in [0.2, 0.25) is 0 Å². The molecule has 0 radical (unpaired) electrons. The highest BCUT2D eigenvalue weighted by atomic mass is 79.9. The summed E-state index contributed by atoms with van der Waals surface area (Å²) < 4.78 is 23.9. The zero-order chi connectivity index (χ0) is 15.4. The van der Waals surface area contributed by atoms with Crippen LogP contribution in [0.15, 0.2) is 40.9 Å². The van der Waals surface area contributed by atoms with Gasteiger partial charge in [0, 0.05) is 0 Å². The van der Waals surface area contributed by atoms with Gasteiger partial charge in [0.2, 0.25) is 0 Å². The lowest BCUT2D eigenvalue weighted by Crippen LogP contribution is -2.05. The van der Waals surface area contributed by atoms with E-state index in [0.717, 1.165) is 0 Å². The molecule has 2 rings (SSSR count). The van der Waals surface area contributed by atoms with Gasteiger partial charge in [-0.3, -0.25) is 0 Å². The number of carbonyl (C=O) groups is 1. The van der Waals surface area contributed by atoms with E-state index < -0.39 is 5.97 Å². The van der Waals surface area contributed by atoms with Crippen LogP contribution < -0.4 is 10.5 Å². The van der Waals surface area contributed by atoms with Gasteiger partial charge in [0.05, 0.1) is 22.3 Å². The summed E-state index contributed by atoms with van der Waals surface area (Å²) in [6.07, 6.45) is 0. The fourth-order valence-electron chi connectivity index (χ4n) is 1.65. The molecular formula is C15H13BrFNO3. The predicted molar refractivity (Wildman–Crippen MR) is 81.0 cm³/mol. The number of rotatable bonds is 4. The van der Waals surface area contributed by atoms with E-state index in [4.69, 9.17) is 15.2 Å². The topological polar surface area (TPSA) is 61.5 Å². The van der Waals surface area contributed by atoms with Gasteiger partial charge in [0.15, 0.2) is 0 Å². The van der Waals surface area contributed by atoms with Gasteiger partial charge in [-0.05, 0) is 59.3 Å². The van der Waals surface area contributed by atoms with Crippen molar-refractivity contribution in [3.8, 4) is 11.5 Å². The highest BCUT2D eigenvalue weighted by Gasteiger charge is 2.10. The molecule has 2 N–H and O–H groups in total. The van der Waals surface area contributed by atoms with E-state index in [1.54, 1.807) is 19.1 Å². The fourth-order valence-corrected chi connectivity index (χ4v) is 2.01. The number of hydrogen-bond acceptors (Lipinski definition) is 4. The summed E-state index contributed by atoms with van der Waals surface area (Å²) in [5.74, 6) is -0.0197. The van der Waals surface area contributed by atoms with Crippen LogP contribution in [0.5, 0.6) is 11.5 Å². The lowest BCUT2D eigenvalue weighted by atomic mass is 10.2. The highest BCUT2D eigenvalue weighted by Crippen LogP contribution is 2.30. The average Bonchev–Trinajstić information content (AvgIpc) is 2.45. The Balaban J connectivity index is 2.21. The first-order valence-electron chi connectivity index (χ1n) is 6.20. The molecule has 0 amide bonds. The normalized spacial score (nSPS) is 10.2. The van der Waals surface area contributed by atoms with Crippen LogP contribution in [0.4, 0.5) is 10.1 Å². The minimum Gasteiger partial charge on any atom is -0.462 e. The van der Waals surface area contributed by atoms with Crippen molar-refractivity contribution in [3.63, 3.8) is 0 Å². The lowest BCUT2D eigenvalue weighted by Gasteiger charge is -2.10. The number of hydrogen-bond donors (Lipinski definition) is 1. The van der Waals surface area contributed by atoms with Crippen LogP contribution in [0, 0.1) is 5.82 Å². The Morgan fingerprint density at radius 1 is 1.29 bits per heavy atom. The Morgan fingerprint density at radius 3 is 2.67 bits per heavy atom. The van der Waals surface area contributed by atoms with Gasteiger partial charge in [-0.2, -0.15) is 0 Å². The minimum atomic E-state index is -0.444. The van der Waals surface area contributed by atoms with Crippen molar-refractivity contribution in [2.24, 2.45) is 0 Å². The van der Waals surface area contributed by atoms with Gasteiger partial charge in [0.1, 0.15) is 17.3 Å². The molecule has 2 aromatic rings. The summed E-state index contributed by atoms with van der Waals surface area (Å²) in [5, 5.41) is 0. The Morgan fingerprint density at radius 2 is 2.05 bits per heavy atom. The van der Waals surface area contributed by atoms with Crippen molar-refractivity contribution in [3.05, 3.63) is 52.3 Å². The maximum atomic E-state index is 13.2. The standard InChI is InChI=1S/C15H13BrFNO3/c1-2-20-15(19)9-3-6-14(13(18)7-9)21-10-4-5-12(17)11(16)8-10/h3-8H,2,18H2,1H3. The zero-order valence-electron chi connectivity index (χ0n) is 11.2. The van der Waals surface area contributed by atoms with E-state index in [2.05, 4.69) is 15.9 Å². The second-order valence-electron chi connectivity index (χ2n) is 4.15. The Kier molecular flexibility index (Phi) is 4.80.